The van der Waals surface area contributed by atoms with E-state index in [2.05, 4.69) is 34.3 Å². The fourth-order valence-electron chi connectivity index (χ4n) is 4.35. The lowest BCUT2D eigenvalue weighted by molar-refractivity contribution is -0.0138. The van der Waals surface area contributed by atoms with Gasteiger partial charge in [0.25, 0.3) is 0 Å². The number of carbonyl (C=O) groups excluding carboxylic acids is 1. The number of benzene rings is 1. The van der Waals surface area contributed by atoms with Gasteiger partial charge in [0.05, 0.1) is 29.7 Å². The number of nitrogens with zero attached hydrogens (tertiary/aromatic N) is 3. The highest BCUT2D eigenvalue weighted by Gasteiger charge is 2.40. The summed E-state index contributed by atoms with van der Waals surface area (Å²) < 4.78 is 0. The Labute approximate surface area is 180 Å². The average molecular weight is 428 g/mol. The van der Waals surface area contributed by atoms with Crippen molar-refractivity contribution in [1.82, 2.24) is 20.1 Å². The fourth-order valence-corrected chi connectivity index (χ4v) is 4.59. The lowest BCUT2D eigenvalue weighted by atomic mass is 9.68. The largest absolute Gasteiger partial charge is 0.388 e. The van der Waals surface area contributed by atoms with Gasteiger partial charge < -0.3 is 15.3 Å². The van der Waals surface area contributed by atoms with Crippen molar-refractivity contribution in [3.63, 3.8) is 0 Å². The highest BCUT2D eigenvalue weighted by molar-refractivity contribution is 6.31. The molecular formula is C22H26ClN5O2. The summed E-state index contributed by atoms with van der Waals surface area (Å²) in [5.74, 6) is 0.256. The van der Waals surface area contributed by atoms with Crippen LogP contribution in [0.15, 0.2) is 42.9 Å². The van der Waals surface area contributed by atoms with Gasteiger partial charge in [-0.1, -0.05) is 25.4 Å². The van der Waals surface area contributed by atoms with Crippen molar-refractivity contribution in [2.45, 2.75) is 32.8 Å². The molecule has 2 amide bonds. The zero-order valence-electron chi connectivity index (χ0n) is 17.1. The van der Waals surface area contributed by atoms with Gasteiger partial charge in [0.15, 0.2) is 0 Å². The summed E-state index contributed by atoms with van der Waals surface area (Å²) in [6.45, 7) is 5.44. The highest BCUT2D eigenvalue weighted by Crippen LogP contribution is 2.46. The molecule has 3 N–H and O–H groups in total. The van der Waals surface area contributed by atoms with Crippen LogP contribution in [0.5, 0.6) is 0 Å². The van der Waals surface area contributed by atoms with Gasteiger partial charge in [-0.3, -0.25) is 10.1 Å². The van der Waals surface area contributed by atoms with E-state index in [1.807, 2.05) is 23.1 Å². The second-order valence-electron chi connectivity index (χ2n) is 8.49. The van der Waals surface area contributed by atoms with Gasteiger partial charge in [-0.05, 0) is 48.4 Å². The molecule has 0 saturated carbocycles. The molecule has 30 heavy (non-hydrogen) atoms. The fraction of sp³-hybridized carbons (Fsp3) is 0.409. The van der Waals surface area contributed by atoms with Gasteiger partial charge in [0.2, 0.25) is 0 Å². The van der Waals surface area contributed by atoms with E-state index in [1.165, 1.54) is 0 Å². The third-order valence-corrected chi connectivity index (χ3v) is 6.51. The van der Waals surface area contributed by atoms with E-state index in [9.17, 15) is 9.90 Å². The molecule has 4 rings (SSSR count). The smallest absolute Gasteiger partial charge is 0.321 e. The molecule has 3 heterocycles. The van der Waals surface area contributed by atoms with E-state index in [0.717, 1.165) is 29.3 Å². The minimum atomic E-state index is -0.708. The van der Waals surface area contributed by atoms with Crippen molar-refractivity contribution in [3.8, 4) is 0 Å². The minimum absolute atomic E-state index is 0.117. The Kier molecular flexibility index (Phi) is 5.66. The van der Waals surface area contributed by atoms with Crippen LogP contribution in [0.3, 0.4) is 0 Å². The number of pyridine rings is 1. The Hall–Kier alpha value is -2.64. The van der Waals surface area contributed by atoms with Gasteiger partial charge in [0, 0.05) is 35.3 Å². The summed E-state index contributed by atoms with van der Waals surface area (Å²) >= 11 is 6.27. The van der Waals surface area contributed by atoms with Gasteiger partial charge in [-0.2, -0.15) is 5.10 Å². The summed E-state index contributed by atoms with van der Waals surface area (Å²) in [4.78, 5) is 18.4. The van der Waals surface area contributed by atoms with Gasteiger partial charge in [0.1, 0.15) is 0 Å². The van der Waals surface area contributed by atoms with E-state index in [0.29, 0.717) is 23.8 Å². The standard InChI is InChI=1S/C22H26ClN5O2/c1-22(2,20(29)18-11-16(23)10-14-12-25-27-19(14)18)15-5-8-28(9-6-15)21(30)26-17-4-3-7-24-13-17/h3-4,7,10-13,15,20,29H,5-6,8-9H2,1-2H3,(H,25,27)(H,26,30). The quantitative estimate of drug-likeness (QED) is 0.566. The number of aliphatic hydroxyl groups is 1. The van der Waals surface area contributed by atoms with Crippen LogP contribution in [-0.4, -0.2) is 44.3 Å². The molecule has 7 nitrogen and oxygen atoms in total. The number of likely N-dealkylation sites (tertiary alicyclic amines) is 1. The van der Waals surface area contributed by atoms with Gasteiger partial charge in [-0.15, -0.1) is 0 Å². The number of H-pyrrole nitrogens is 1. The van der Waals surface area contributed by atoms with Crippen molar-refractivity contribution in [2.24, 2.45) is 11.3 Å². The first kappa shape index (κ1) is 20.6. The molecule has 0 radical (unpaired) electrons. The van der Waals surface area contributed by atoms with Crippen LogP contribution >= 0.6 is 11.6 Å². The first-order valence-electron chi connectivity index (χ1n) is 10.1. The maximum absolute atomic E-state index is 12.5. The molecule has 0 aliphatic carbocycles. The van der Waals surface area contributed by atoms with E-state index in [-0.39, 0.29) is 11.9 Å². The lowest BCUT2D eigenvalue weighted by Gasteiger charge is -2.43. The number of amides is 2. The first-order valence-corrected chi connectivity index (χ1v) is 10.5. The van der Waals surface area contributed by atoms with Crippen molar-refractivity contribution < 1.29 is 9.90 Å². The predicted octanol–water partition coefficient (Wildman–Crippen LogP) is 4.62. The van der Waals surface area contributed by atoms with Crippen molar-refractivity contribution in [3.05, 3.63) is 53.4 Å². The second kappa shape index (κ2) is 8.24. The van der Waals surface area contributed by atoms with E-state index in [1.54, 1.807) is 24.7 Å². The van der Waals surface area contributed by atoms with E-state index >= 15 is 0 Å². The lowest BCUT2D eigenvalue weighted by Crippen LogP contribution is -2.45. The summed E-state index contributed by atoms with van der Waals surface area (Å²) in [7, 11) is 0. The third-order valence-electron chi connectivity index (χ3n) is 6.29. The molecule has 1 fully saturated rings. The van der Waals surface area contributed by atoms with Crippen LogP contribution in [0.1, 0.15) is 38.4 Å². The molecule has 1 atom stereocenters. The molecule has 0 bridgehead atoms. The molecule has 1 unspecified atom stereocenters. The molecule has 3 aromatic rings. The Bertz CT molecular complexity index is 1030. The molecule has 1 aliphatic heterocycles. The number of aromatic nitrogens is 3. The van der Waals surface area contributed by atoms with Gasteiger partial charge in [-0.25, -0.2) is 4.79 Å². The number of rotatable bonds is 4. The van der Waals surface area contributed by atoms with Crippen molar-refractivity contribution in [1.29, 1.82) is 0 Å². The number of hydrogen-bond acceptors (Lipinski definition) is 4. The summed E-state index contributed by atoms with van der Waals surface area (Å²) in [6.07, 6.45) is 5.94. The number of aliphatic hydroxyl groups excluding tert-OH is 1. The van der Waals surface area contributed by atoms with E-state index < -0.39 is 11.5 Å². The zero-order chi connectivity index (χ0) is 21.3. The van der Waals surface area contributed by atoms with Crippen LogP contribution in [0.25, 0.3) is 10.9 Å². The number of aromatic amines is 1. The van der Waals surface area contributed by atoms with Crippen LogP contribution < -0.4 is 5.32 Å². The SMILES string of the molecule is CC(C)(C1CCN(C(=O)Nc2cccnc2)CC1)C(O)c1cc(Cl)cc2cn[nH]c12. The second-order valence-corrected chi connectivity index (χ2v) is 8.92. The average Bonchev–Trinajstić information content (AvgIpc) is 3.21. The summed E-state index contributed by atoms with van der Waals surface area (Å²) in [5.41, 5.74) is 1.86. The van der Waals surface area contributed by atoms with E-state index in [4.69, 9.17) is 11.6 Å². The van der Waals surface area contributed by atoms with Gasteiger partial charge >= 0.3 is 6.03 Å². The number of carbonyl (C=O) groups is 1. The summed E-state index contributed by atoms with van der Waals surface area (Å²) in [5, 5.41) is 22.7. The molecule has 158 valence electrons. The maximum Gasteiger partial charge on any atom is 0.321 e. The molecule has 8 heteroatoms. The monoisotopic (exact) mass is 427 g/mol. The maximum atomic E-state index is 12.5. The molecule has 1 aliphatic rings. The first-order chi connectivity index (χ1) is 14.4. The highest BCUT2D eigenvalue weighted by atomic mass is 35.5. The number of urea groups is 1. The van der Waals surface area contributed by atoms with Crippen LogP contribution in [0.4, 0.5) is 10.5 Å². The minimum Gasteiger partial charge on any atom is -0.388 e. The zero-order valence-corrected chi connectivity index (χ0v) is 17.9. The molecule has 1 aromatic carbocycles. The Morgan fingerprint density at radius 1 is 1.33 bits per heavy atom. The van der Waals surface area contributed by atoms with Crippen molar-refractivity contribution >= 4 is 34.2 Å². The predicted molar refractivity (Wildman–Crippen MR) is 117 cm³/mol. The Morgan fingerprint density at radius 2 is 2.10 bits per heavy atom. The van der Waals surface area contributed by atoms with Crippen LogP contribution in [0, 0.1) is 11.3 Å². The van der Waals surface area contributed by atoms with Crippen LogP contribution in [0.2, 0.25) is 5.02 Å². The number of piperidine rings is 1. The summed E-state index contributed by atoms with van der Waals surface area (Å²) in [6, 6.07) is 7.14. The molecule has 1 saturated heterocycles. The number of nitrogens with one attached hydrogen (secondary N) is 2. The number of hydrogen-bond donors (Lipinski definition) is 3. The number of halogens is 1. The molecule has 2 aromatic heterocycles. The Balaban J connectivity index is 1.44. The van der Waals surface area contributed by atoms with Crippen LogP contribution in [-0.2, 0) is 0 Å². The topological polar surface area (TPSA) is 94.1 Å². The Morgan fingerprint density at radius 3 is 2.80 bits per heavy atom. The molecule has 0 spiro atoms. The molecular weight excluding hydrogens is 402 g/mol. The third kappa shape index (κ3) is 4.00. The normalized spacial score (nSPS) is 16.6. The number of fused-ring (bicyclic) bond motifs is 1. The van der Waals surface area contributed by atoms with Crippen molar-refractivity contribution in [2.75, 3.05) is 18.4 Å². The number of anilines is 1.